The van der Waals surface area contributed by atoms with Gasteiger partial charge >= 0.3 is 0 Å². The molecule has 110 valence electrons. The molecule has 2 N–H and O–H groups in total. The molecule has 2 heterocycles. The van der Waals surface area contributed by atoms with Gasteiger partial charge in [-0.15, -0.1) is 10.2 Å². The van der Waals surface area contributed by atoms with Crippen LogP contribution in [0.3, 0.4) is 0 Å². The van der Waals surface area contributed by atoms with Gasteiger partial charge in [-0.05, 0) is 24.3 Å². The van der Waals surface area contributed by atoms with Gasteiger partial charge in [0.15, 0.2) is 12.5 Å². The highest BCUT2D eigenvalue weighted by Gasteiger charge is 2.25. The van der Waals surface area contributed by atoms with Gasteiger partial charge in [-0.2, -0.15) is 0 Å². The number of aromatic nitrogens is 6. The second-order valence-electron chi connectivity index (χ2n) is 4.87. The Labute approximate surface area is 124 Å². The van der Waals surface area contributed by atoms with E-state index in [2.05, 4.69) is 20.6 Å². The minimum Gasteiger partial charge on any atom is -0.368 e. The zero-order valence-electron chi connectivity index (χ0n) is 11.4. The molecule has 0 radical (unpaired) electrons. The maximum absolute atomic E-state index is 10.4. The Morgan fingerprint density at radius 2 is 1.09 bits per heavy atom. The third-order valence-electron chi connectivity index (χ3n) is 3.52. The number of hydrogen-bond donors (Lipinski definition) is 2. The highest BCUT2D eigenvalue weighted by atomic mass is 16.4. The van der Waals surface area contributed by atoms with Gasteiger partial charge in [-0.3, -0.25) is 0 Å². The second-order valence-corrected chi connectivity index (χ2v) is 4.87. The van der Waals surface area contributed by atoms with Crippen LogP contribution >= 0.6 is 0 Å². The quantitative estimate of drug-likeness (QED) is 0.581. The van der Waals surface area contributed by atoms with Crippen molar-refractivity contribution in [1.29, 1.82) is 0 Å². The number of rotatable bonds is 3. The molecule has 22 heavy (non-hydrogen) atoms. The van der Waals surface area contributed by atoms with Gasteiger partial charge in [-0.25, -0.2) is 9.36 Å². The number of benzene rings is 2. The maximum Gasteiger partial charge on any atom is 0.196 e. The summed E-state index contributed by atoms with van der Waals surface area (Å²) in [4.78, 5) is 0. The molecule has 0 aliphatic rings. The minimum absolute atomic E-state index is 0.624. The Kier molecular flexibility index (Phi) is 2.84. The van der Waals surface area contributed by atoms with Crippen molar-refractivity contribution in [3.05, 3.63) is 48.5 Å². The normalized spacial score (nSPS) is 14.5. The molecular weight excluding hydrogens is 284 g/mol. The van der Waals surface area contributed by atoms with Crippen LogP contribution in [0.1, 0.15) is 12.5 Å². The van der Waals surface area contributed by atoms with E-state index in [-0.39, 0.29) is 0 Å². The SMILES string of the molecule is OC(C(O)n1nnc2ccccc21)n1nnc2ccccc21. The molecule has 4 rings (SSSR count). The number of aliphatic hydroxyl groups excluding tert-OH is 2. The van der Waals surface area contributed by atoms with Crippen LogP contribution in [0, 0.1) is 0 Å². The van der Waals surface area contributed by atoms with Crippen LogP contribution in [0.25, 0.3) is 22.1 Å². The van der Waals surface area contributed by atoms with Crippen LogP contribution in [0.2, 0.25) is 0 Å². The summed E-state index contributed by atoms with van der Waals surface area (Å²) < 4.78 is 2.52. The van der Waals surface area contributed by atoms with Crippen molar-refractivity contribution < 1.29 is 10.2 Å². The molecule has 0 amide bonds. The van der Waals surface area contributed by atoms with Gasteiger partial charge in [0.2, 0.25) is 0 Å². The summed E-state index contributed by atoms with van der Waals surface area (Å²) in [7, 11) is 0. The van der Waals surface area contributed by atoms with Crippen molar-refractivity contribution >= 4 is 22.1 Å². The van der Waals surface area contributed by atoms with E-state index in [1.54, 1.807) is 24.3 Å². The van der Waals surface area contributed by atoms with Crippen LogP contribution in [-0.2, 0) is 0 Å². The molecule has 0 aliphatic heterocycles. The van der Waals surface area contributed by atoms with Crippen molar-refractivity contribution in [3.8, 4) is 0 Å². The first-order valence-electron chi connectivity index (χ1n) is 6.72. The van der Waals surface area contributed by atoms with Crippen LogP contribution in [0.5, 0.6) is 0 Å². The summed E-state index contributed by atoms with van der Waals surface area (Å²) in [6.45, 7) is 0. The lowest BCUT2D eigenvalue weighted by Gasteiger charge is -2.18. The van der Waals surface area contributed by atoms with Crippen LogP contribution in [-0.4, -0.2) is 40.2 Å². The zero-order valence-corrected chi connectivity index (χ0v) is 11.4. The highest BCUT2D eigenvalue weighted by molar-refractivity contribution is 5.74. The smallest absolute Gasteiger partial charge is 0.196 e. The predicted molar refractivity (Wildman–Crippen MR) is 77.6 cm³/mol. The van der Waals surface area contributed by atoms with Crippen molar-refractivity contribution in [2.75, 3.05) is 0 Å². The number of hydrogen-bond acceptors (Lipinski definition) is 6. The van der Waals surface area contributed by atoms with Crippen LogP contribution in [0.15, 0.2) is 48.5 Å². The summed E-state index contributed by atoms with van der Waals surface area (Å²) in [6.07, 6.45) is -2.67. The van der Waals surface area contributed by atoms with Crippen LogP contribution < -0.4 is 0 Å². The summed E-state index contributed by atoms with van der Waals surface area (Å²) in [5, 5.41) is 36.6. The van der Waals surface area contributed by atoms with E-state index in [1.807, 2.05) is 24.3 Å². The summed E-state index contributed by atoms with van der Waals surface area (Å²) in [5.41, 5.74) is 2.52. The van der Waals surface area contributed by atoms with Gasteiger partial charge in [-0.1, -0.05) is 34.7 Å². The van der Waals surface area contributed by atoms with E-state index in [0.29, 0.717) is 22.1 Å². The number of fused-ring (bicyclic) bond motifs is 2. The molecule has 0 saturated carbocycles. The molecule has 2 atom stereocenters. The Hall–Kier alpha value is -2.84. The molecule has 0 aliphatic carbocycles. The average Bonchev–Trinajstić information content (AvgIpc) is 3.17. The van der Waals surface area contributed by atoms with Crippen molar-refractivity contribution in [2.45, 2.75) is 12.5 Å². The zero-order chi connectivity index (χ0) is 15.1. The van der Waals surface area contributed by atoms with Crippen molar-refractivity contribution in [3.63, 3.8) is 0 Å². The summed E-state index contributed by atoms with van der Waals surface area (Å²) >= 11 is 0. The van der Waals surface area contributed by atoms with Gasteiger partial charge in [0.1, 0.15) is 11.0 Å². The maximum atomic E-state index is 10.4. The standard InChI is InChI=1S/C14H12N6O2/c21-13(19-11-7-3-1-5-9(11)15-17-19)14(22)20-12-8-4-2-6-10(12)16-18-20/h1-8,13-14,21-22H. The molecular formula is C14H12N6O2. The van der Waals surface area contributed by atoms with Gasteiger partial charge in [0.05, 0.1) is 11.0 Å². The molecule has 8 heteroatoms. The van der Waals surface area contributed by atoms with Gasteiger partial charge < -0.3 is 10.2 Å². The van der Waals surface area contributed by atoms with E-state index >= 15 is 0 Å². The lowest BCUT2D eigenvalue weighted by atomic mass is 10.3. The van der Waals surface area contributed by atoms with Gasteiger partial charge in [0, 0.05) is 0 Å². The largest absolute Gasteiger partial charge is 0.368 e. The topological polar surface area (TPSA) is 102 Å². The Morgan fingerprint density at radius 3 is 1.55 bits per heavy atom. The first kappa shape index (κ1) is 12.9. The van der Waals surface area contributed by atoms with E-state index in [9.17, 15) is 10.2 Å². The Bertz CT molecular complexity index is 868. The molecule has 0 fully saturated rings. The summed E-state index contributed by atoms with van der Waals surface area (Å²) in [6, 6.07) is 14.4. The fourth-order valence-corrected chi connectivity index (χ4v) is 2.42. The Morgan fingerprint density at radius 1 is 0.682 bits per heavy atom. The fourth-order valence-electron chi connectivity index (χ4n) is 2.42. The molecule has 2 aromatic carbocycles. The van der Waals surface area contributed by atoms with Crippen molar-refractivity contribution in [2.24, 2.45) is 0 Å². The number of para-hydroxylation sites is 2. The first-order chi connectivity index (χ1) is 10.8. The lowest BCUT2D eigenvalue weighted by molar-refractivity contribution is -0.0805. The third kappa shape index (κ3) is 1.85. The van der Waals surface area contributed by atoms with E-state index < -0.39 is 12.5 Å². The molecule has 2 aromatic heterocycles. The predicted octanol–water partition coefficient (Wildman–Crippen LogP) is 0.858. The molecule has 0 bridgehead atoms. The minimum atomic E-state index is -1.34. The molecule has 8 nitrogen and oxygen atoms in total. The van der Waals surface area contributed by atoms with Crippen LogP contribution in [0.4, 0.5) is 0 Å². The second kappa shape index (κ2) is 4.86. The molecule has 0 spiro atoms. The Balaban J connectivity index is 1.77. The lowest BCUT2D eigenvalue weighted by Crippen LogP contribution is -2.24. The fraction of sp³-hybridized carbons (Fsp3) is 0.143. The van der Waals surface area contributed by atoms with E-state index in [1.165, 1.54) is 9.36 Å². The average molecular weight is 296 g/mol. The summed E-state index contributed by atoms with van der Waals surface area (Å²) in [5.74, 6) is 0. The van der Waals surface area contributed by atoms with Gasteiger partial charge in [0.25, 0.3) is 0 Å². The third-order valence-corrected chi connectivity index (χ3v) is 3.52. The molecule has 0 saturated heterocycles. The number of aliphatic hydroxyl groups is 2. The van der Waals surface area contributed by atoms with E-state index in [0.717, 1.165) is 0 Å². The van der Waals surface area contributed by atoms with E-state index in [4.69, 9.17) is 0 Å². The van der Waals surface area contributed by atoms with Crippen molar-refractivity contribution in [1.82, 2.24) is 30.0 Å². The first-order valence-corrected chi connectivity index (χ1v) is 6.72. The highest BCUT2D eigenvalue weighted by Crippen LogP contribution is 2.24. The molecule has 4 aromatic rings. The number of nitrogens with zero attached hydrogens (tertiary/aromatic N) is 6. The molecule has 2 unspecified atom stereocenters. The monoisotopic (exact) mass is 296 g/mol.